The van der Waals surface area contributed by atoms with Gasteiger partial charge in [-0.3, -0.25) is 10.1 Å². The van der Waals surface area contributed by atoms with Crippen LogP contribution in [0.5, 0.6) is 5.75 Å². The molecule has 19 heavy (non-hydrogen) atoms. The summed E-state index contributed by atoms with van der Waals surface area (Å²) in [6.45, 7) is 0.409. The third-order valence-corrected chi connectivity index (χ3v) is 2.75. The Morgan fingerprint density at radius 1 is 1.47 bits per heavy atom. The van der Waals surface area contributed by atoms with Gasteiger partial charge in [-0.2, -0.15) is 0 Å². The fourth-order valence-electron chi connectivity index (χ4n) is 1.38. The Balaban J connectivity index is 2.43. The second-order valence-corrected chi connectivity index (χ2v) is 4.71. The van der Waals surface area contributed by atoms with E-state index in [0.717, 1.165) is 0 Å². The molecule has 7 nitrogen and oxygen atoms in total. The van der Waals surface area contributed by atoms with Gasteiger partial charge < -0.3 is 15.7 Å². The molecule has 0 aromatic heterocycles. The summed E-state index contributed by atoms with van der Waals surface area (Å²) in [5, 5.41) is 21.9. The zero-order chi connectivity index (χ0) is 14.3. The van der Waals surface area contributed by atoms with Gasteiger partial charge in [-0.25, -0.2) is 0 Å². The van der Waals surface area contributed by atoms with Crippen LogP contribution < -0.4 is 10.5 Å². The van der Waals surface area contributed by atoms with Gasteiger partial charge in [0.15, 0.2) is 0 Å². The van der Waals surface area contributed by atoms with Crippen molar-refractivity contribution in [3.63, 3.8) is 0 Å². The molecule has 0 aliphatic rings. The van der Waals surface area contributed by atoms with E-state index in [1.54, 1.807) is 6.07 Å². The number of benzene rings is 1. The largest absolute Gasteiger partial charge is 0.493 e. The second kappa shape index (κ2) is 7.57. The molecule has 0 fully saturated rings. The number of rotatable bonds is 7. The second-order valence-electron chi connectivity index (χ2n) is 3.80. The molecule has 0 aliphatic heterocycles. The van der Waals surface area contributed by atoms with Gasteiger partial charge in [-0.05, 0) is 18.9 Å². The molecule has 0 atom stereocenters. The first-order chi connectivity index (χ1) is 9.02. The molecule has 0 aliphatic carbocycles. The van der Waals surface area contributed by atoms with Crippen molar-refractivity contribution in [1.82, 2.24) is 0 Å². The van der Waals surface area contributed by atoms with Crippen molar-refractivity contribution in [1.29, 1.82) is 0 Å². The molecule has 0 spiro atoms. The number of oxime groups is 1. The smallest absolute Gasteiger partial charge is 0.274 e. The van der Waals surface area contributed by atoms with Crippen molar-refractivity contribution >= 4 is 27.5 Å². The Kier molecular flexibility index (Phi) is 6.07. The van der Waals surface area contributed by atoms with E-state index in [2.05, 4.69) is 21.1 Å². The lowest BCUT2D eigenvalue weighted by molar-refractivity contribution is -0.385. The molecule has 1 rings (SSSR count). The van der Waals surface area contributed by atoms with Crippen molar-refractivity contribution < 1.29 is 14.9 Å². The molecule has 0 bridgehead atoms. The van der Waals surface area contributed by atoms with Crippen molar-refractivity contribution in [2.24, 2.45) is 10.9 Å². The van der Waals surface area contributed by atoms with Crippen LogP contribution in [-0.2, 0) is 0 Å². The molecule has 0 heterocycles. The Labute approximate surface area is 118 Å². The minimum Gasteiger partial charge on any atom is -0.493 e. The summed E-state index contributed by atoms with van der Waals surface area (Å²) >= 11 is 3.19. The van der Waals surface area contributed by atoms with Crippen molar-refractivity contribution in [3.05, 3.63) is 32.8 Å². The van der Waals surface area contributed by atoms with Crippen LogP contribution in [0, 0.1) is 10.1 Å². The third kappa shape index (κ3) is 5.56. The quantitative estimate of drug-likeness (QED) is 0.199. The first kappa shape index (κ1) is 15.2. The number of halogens is 1. The van der Waals surface area contributed by atoms with Crippen LogP contribution >= 0.6 is 15.9 Å². The molecule has 0 unspecified atom stereocenters. The van der Waals surface area contributed by atoms with Gasteiger partial charge in [0.1, 0.15) is 11.6 Å². The van der Waals surface area contributed by atoms with E-state index in [4.69, 9.17) is 15.7 Å². The zero-order valence-electron chi connectivity index (χ0n) is 10.1. The van der Waals surface area contributed by atoms with E-state index in [1.807, 2.05) is 0 Å². The Bertz CT molecular complexity index is 479. The van der Waals surface area contributed by atoms with E-state index in [1.165, 1.54) is 12.1 Å². The van der Waals surface area contributed by atoms with E-state index in [-0.39, 0.29) is 11.5 Å². The number of nitrogens with zero attached hydrogens (tertiary/aromatic N) is 2. The van der Waals surface area contributed by atoms with Gasteiger partial charge in [0.2, 0.25) is 0 Å². The summed E-state index contributed by atoms with van der Waals surface area (Å²) in [4.78, 5) is 10.2. The lowest BCUT2D eigenvalue weighted by Gasteiger charge is -2.06. The maximum Gasteiger partial charge on any atom is 0.274 e. The first-order valence-electron chi connectivity index (χ1n) is 5.57. The Morgan fingerprint density at radius 2 is 2.21 bits per heavy atom. The molecule has 1 aromatic rings. The number of unbranched alkanes of at least 4 members (excludes halogenated alkanes) is 1. The molecular formula is C11H14BrN3O4. The van der Waals surface area contributed by atoms with Gasteiger partial charge in [-0.1, -0.05) is 21.1 Å². The molecule has 0 saturated carbocycles. The fraction of sp³-hybridized carbons (Fsp3) is 0.364. The van der Waals surface area contributed by atoms with Crippen LogP contribution in [0.4, 0.5) is 5.69 Å². The van der Waals surface area contributed by atoms with Gasteiger partial charge in [-0.15, -0.1) is 0 Å². The van der Waals surface area contributed by atoms with Gasteiger partial charge in [0.05, 0.1) is 17.6 Å². The summed E-state index contributed by atoms with van der Waals surface area (Å²) < 4.78 is 6.01. The van der Waals surface area contributed by atoms with E-state index >= 15 is 0 Å². The summed E-state index contributed by atoms with van der Waals surface area (Å²) in [6, 6.07) is 4.44. The van der Waals surface area contributed by atoms with Crippen LogP contribution in [0.1, 0.15) is 19.3 Å². The van der Waals surface area contributed by atoms with Crippen LogP contribution in [0.2, 0.25) is 0 Å². The lowest BCUT2D eigenvalue weighted by atomic mass is 10.2. The number of non-ortho nitro benzene ring substituents is 1. The number of hydrogen-bond donors (Lipinski definition) is 2. The molecule has 1 aromatic carbocycles. The molecule has 8 heteroatoms. The van der Waals surface area contributed by atoms with E-state index in [0.29, 0.717) is 36.1 Å². The number of nitro benzene ring substituents is 1. The number of nitro groups is 1. The van der Waals surface area contributed by atoms with Gasteiger partial charge >= 0.3 is 0 Å². The number of hydrogen-bond acceptors (Lipinski definition) is 5. The van der Waals surface area contributed by atoms with E-state index < -0.39 is 4.92 Å². The molecular weight excluding hydrogens is 318 g/mol. The molecule has 3 N–H and O–H groups in total. The maximum absolute atomic E-state index is 10.7. The minimum atomic E-state index is -0.476. The molecule has 104 valence electrons. The standard InChI is InChI=1S/C11H14BrN3O4/c12-8-5-9(15(17)18)7-10(6-8)19-4-2-1-3-11(13)14-16/h5-7,16H,1-4H2,(H2,13,14). The van der Waals surface area contributed by atoms with Crippen LogP contribution in [0.25, 0.3) is 0 Å². The minimum absolute atomic E-state index is 0.0268. The SMILES string of the molecule is N/C(CCCCOc1cc(Br)cc([N+](=O)[O-])c1)=N/O. The first-order valence-corrected chi connectivity index (χ1v) is 6.36. The average molecular weight is 332 g/mol. The Hall–Kier alpha value is -1.83. The topological polar surface area (TPSA) is 111 Å². The summed E-state index contributed by atoms with van der Waals surface area (Å²) in [7, 11) is 0. The van der Waals surface area contributed by atoms with Crippen molar-refractivity contribution in [2.45, 2.75) is 19.3 Å². The zero-order valence-corrected chi connectivity index (χ0v) is 11.7. The summed E-state index contributed by atoms with van der Waals surface area (Å²) in [6.07, 6.45) is 1.90. The van der Waals surface area contributed by atoms with Crippen molar-refractivity contribution in [3.8, 4) is 5.75 Å². The fourth-order valence-corrected chi connectivity index (χ4v) is 1.85. The monoisotopic (exact) mass is 331 g/mol. The predicted octanol–water partition coefficient (Wildman–Crippen LogP) is 2.65. The van der Waals surface area contributed by atoms with Crippen LogP contribution in [0.3, 0.4) is 0 Å². The summed E-state index contributed by atoms with van der Waals surface area (Å²) in [5.74, 6) is 0.614. The van der Waals surface area contributed by atoms with Crippen LogP contribution in [-0.4, -0.2) is 22.6 Å². The number of ether oxygens (including phenoxy) is 1. The predicted molar refractivity (Wildman–Crippen MR) is 73.6 cm³/mol. The highest BCUT2D eigenvalue weighted by molar-refractivity contribution is 9.10. The van der Waals surface area contributed by atoms with Crippen molar-refractivity contribution in [2.75, 3.05) is 6.61 Å². The number of amidine groups is 1. The highest BCUT2D eigenvalue weighted by Gasteiger charge is 2.09. The third-order valence-electron chi connectivity index (χ3n) is 2.29. The Morgan fingerprint density at radius 3 is 2.84 bits per heavy atom. The van der Waals surface area contributed by atoms with Gasteiger partial charge in [0, 0.05) is 17.0 Å². The number of nitrogens with two attached hydrogens (primary N) is 1. The molecule has 0 amide bonds. The van der Waals surface area contributed by atoms with Gasteiger partial charge in [0.25, 0.3) is 5.69 Å². The maximum atomic E-state index is 10.7. The van der Waals surface area contributed by atoms with E-state index in [9.17, 15) is 10.1 Å². The normalized spacial score (nSPS) is 11.3. The molecule has 0 radical (unpaired) electrons. The average Bonchev–Trinajstić information content (AvgIpc) is 2.37. The summed E-state index contributed by atoms with van der Waals surface area (Å²) in [5.41, 5.74) is 5.29. The van der Waals surface area contributed by atoms with Crippen LogP contribution in [0.15, 0.2) is 27.8 Å². The highest BCUT2D eigenvalue weighted by Crippen LogP contribution is 2.26. The lowest BCUT2D eigenvalue weighted by Crippen LogP contribution is -2.11. The molecule has 0 saturated heterocycles. The highest BCUT2D eigenvalue weighted by atomic mass is 79.9.